The van der Waals surface area contributed by atoms with Crippen molar-refractivity contribution in [3.8, 4) is 5.75 Å². The van der Waals surface area contributed by atoms with Gasteiger partial charge in [0.1, 0.15) is 5.75 Å². The summed E-state index contributed by atoms with van der Waals surface area (Å²) in [6, 6.07) is 13.7. The molecular weight excluding hydrogens is 293 g/mol. The zero-order valence-electron chi connectivity index (χ0n) is 11.5. The zero-order valence-corrected chi connectivity index (χ0v) is 13.0. The summed E-state index contributed by atoms with van der Waals surface area (Å²) in [5, 5.41) is 4.90. The number of hydrogen-bond acceptors (Lipinski definition) is 2. The minimum atomic E-state index is 0.202. The largest absolute Gasteiger partial charge is 0.496 e. The van der Waals surface area contributed by atoms with Crippen LogP contribution in [0.1, 0.15) is 24.1 Å². The number of nitrogens with one attached hydrogen (secondary N) is 1. The van der Waals surface area contributed by atoms with Gasteiger partial charge in [-0.05, 0) is 36.8 Å². The van der Waals surface area contributed by atoms with E-state index in [1.54, 1.807) is 7.11 Å². The molecule has 0 saturated carbocycles. The Bertz CT molecular complexity index is 569. The van der Waals surface area contributed by atoms with Crippen LogP contribution in [-0.4, -0.2) is 7.11 Å². The van der Waals surface area contributed by atoms with E-state index in [1.807, 2.05) is 42.5 Å². The Hall–Kier alpha value is -1.22. The second kappa shape index (κ2) is 6.98. The smallest absolute Gasteiger partial charge is 0.124 e. The molecule has 0 amide bonds. The van der Waals surface area contributed by atoms with E-state index in [1.165, 1.54) is 5.56 Å². The van der Waals surface area contributed by atoms with Crippen LogP contribution < -0.4 is 10.1 Å². The molecule has 20 heavy (non-hydrogen) atoms. The minimum Gasteiger partial charge on any atom is -0.496 e. The molecule has 0 aliphatic carbocycles. The maximum atomic E-state index is 6.22. The van der Waals surface area contributed by atoms with Crippen LogP contribution in [0.25, 0.3) is 0 Å². The Morgan fingerprint density at radius 1 is 1.10 bits per heavy atom. The molecule has 0 heterocycles. The van der Waals surface area contributed by atoms with Crippen LogP contribution >= 0.6 is 23.2 Å². The van der Waals surface area contributed by atoms with Crippen molar-refractivity contribution < 1.29 is 4.74 Å². The summed E-state index contributed by atoms with van der Waals surface area (Å²) in [7, 11) is 1.65. The van der Waals surface area contributed by atoms with Crippen molar-refractivity contribution in [2.24, 2.45) is 0 Å². The molecule has 106 valence electrons. The Balaban J connectivity index is 2.07. The summed E-state index contributed by atoms with van der Waals surface area (Å²) in [5.74, 6) is 0.799. The maximum absolute atomic E-state index is 6.22. The fourth-order valence-electron chi connectivity index (χ4n) is 2.03. The van der Waals surface area contributed by atoms with Crippen LogP contribution in [0, 0.1) is 0 Å². The van der Waals surface area contributed by atoms with E-state index in [9.17, 15) is 0 Å². The van der Waals surface area contributed by atoms with Gasteiger partial charge in [-0.3, -0.25) is 0 Å². The third kappa shape index (κ3) is 3.66. The Morgan fingerprint density at radius 2 is 1.80 bits per heavy atom. The predicted molar refractivity (Wildman–Crippen MR) is 84.7 cm³/mol. The molecule has 0 bridgehead atoms. The maximum Gasteiger partial charge on any atom is 0.124 e. The highest BCUT2D eigenvalue weighted by Crippen LogP contribution is 2.27. The van der Waals surface area contributed by atoms with E-state index < -0.39 is 0 Å². The van der Waals surface area contributed by atoms with Crippen LogP contribution in [0.4, 0.5) is 0 Å². The standard InChI is InChI=1S/C16H17Cl2NO/c1-11(12-6-8-13(17)9-7-12)19-10-14-15(18)4-3-5-16(14)20-2/h3-9,11,19H,10H2,1-2H3. The van der Waals surface area contributed by atoms with E-state index in [4.69, 9.17) is 27.9 Å². The van der Waals surface area contributed by atoms with Crippen LogP contribution in [0.2, 0.25) is 10.0 Å². The number of methoxy groups -OCH3 is 1. The first kappa shape index (κ1) is 15.2. The van der Waals surface area contributed by atoms with Crippen molar-refractivity contribution >= 4 is 23.2 Å². The molecule has 2 rings (SSSR count). The first-order valence-corrected chi connectivity index (χ1v) is 7.17. The molecule has 1 N–H and O–H groups in total. The lowest BCUT2D eigenvalue weighted by molar-refractivity contribution is 0.406. The van der Waals surface area contributed by atoms with Gasteiger partial charge in [0.2, 0.25) is 0 Å². The minimum absolute atomic E-state index is 0.202. The van der Waals surface area contributed by atoms with Gasteiger partial charge in [0, 0.05) is 28.2 Å². The lowest BCUT2D eigenvalue weighted by atomic mass is 10.1. The van der Waals surface area contributed by atoms with Gasteiger partial charge >= 0.3 is 0 Å². The number of halogens is 2. The van der Waals surface area contributed by atoms with Gasteiger partial charge in [-0.25, -0.2) is 0 Å². The predicted octanol–water partition coefficient (Wildman–Crippen LogP) is 4.85. The normalized spacial score (nSPS) is 12.2. The lowest BCUT2D eigenvalue weighted by Crippen LogP contribution is -2.18. The summed E-state index contributed by atoms with van der Waals surface area (Å²) in [5.41, 5.74) is 2.15. The van der Waals surface area contributed by atoms with Gasteiger partial charge in [0.25, 0.3) is 0 Å². The van der Waals surface area contributed by atoms with E-state index in [0.717, 1.165) is 16.3 Å². The van der Waals surface area contributed by atoms with Crippen LogP contribution in [0.5, 0.6) is 5.75 Å². The van der Waals surface area contributed by atoms with Gasteiger partial charge in [0.05, 0.1) is 7.11 Å². The molecule has 0 aliphatic rings. The molecule has 0 aliphatic heterocycles. The van der Waals surface area contributed by atoms with Gasteiger partial charge in [-0.15, -0.1) is 0 Å². The summed E-state index contributed by atoms with van der Waals surface area (Å²) >= 11 is 12.1. The molecule has 0 spiro atoms. The van der Waals surface area contributed by atoms with Crippen molar-refractivity contribution in [1.82, 2.24) is 5.32 Å². The topological polar surface area (TPSA) is 21.3 Å². The molecule has 0 radical (unpaired) electrons. The second-order valence-corrected chi connectivity index (χ2v) is 5.42. The fraction of sp³-hybridized carbons (Fsp3) is 0.250. The van der Waals surface area contributed by atoms with Gasteiger partial charge in [-0.1, -0.05) is 41.4 Å². The summed E-state index contributed by atoms with van der Waals surface area (Å²) in [6.07, 6.45) is 0. The van der Waals surface area contributed by atoms with Crippen LogP contribution in [0.3, 0.4) is 0 Å². The van der Waals surface area contributed by atoms with Crippen molar-refractivity contribution in [1.29, 1.82) is 0 Å². The molecule has 0 fully saturated rings. The lowest BCUT2D eigenvalue weighted by Gasteiger charge is -2.16. The number of ether oxygens (including phenoxy) is 1. The fourth-order valence-corrected chi connectivity index (χ4v) is 2.38. The molecule has 4 heteroatoms. The SMILES string of the molecule is COc1cccc(Cl)c1CNC(C)c1ccc(Cl)cc1. The van der Waals surface area contributed by atoms with Crippen molar-refractivity contribution in [3.63, 3.8) is 0 Å². The van der Waals surface area contributed by atoms with Gasteiger partial charge in [-0.2, -0.15) is 0 Å². The molecule has 0 saturated heterocycles. The molecule has 2 aromatic carbocycles. The first-order chi connectivity index (χ1) is 9.61. The summed E-state index contributed by atoms with van der Waals surface area (Å²) < 4.78 is 5.34. The number of benzene rings is 2. The molecule has 2 aromatic rings. The van der Waals surface area contributed by atoms with E-state index in [-0.39, 0.29) is 6.04 Å². The summed E-state index contributed by atoms with van der Waals surface area (Å²) in [6.45, 7) is 2.75. The first-order valence-electron chi connectivity index (χ1n) is 6.42. The average Bonchev–Trinajstić information content (AvgIpc) is 2.46. The van der Waals surface area contributed by atoms with E-state index >= 15 is 0 Å². The Kier molecular flexibility index (Phi) is 5.30. The van der Waals surface area contributed by atoms with Crippen LogP contribution in [0.15, 0.2) is 42.5 Å². The molecule has 0 aromatic heterocycles. The highest BCUT2D eigenvalue weighted by molar-refractivity contribution is 6.31. The molecule has 1 unspecified atom stereocenters. The Labute approximate surface area is 129 Å². The van der Waals surface area contributed by atoms with Crippen molar-refractivity contribution in [3.05, 3.63) is 63.6 Å². The van der Waals surface area contributed by atoms with E-state index in [0.29, 0.717) is 11.6 Å². The third-order valence-corrected chi connectivity index (χ3v) is 3.86. The second-order valence-electron chi connectivity index (χ2n) is 4.57. The molecule has 1 atom stereocenters. The highest BCUT2D eigenvalue weighted by atomic mass is 35.5. The summed E-state index contributed by atoms with van der Waals surface area (Å²) in [4.78, 5) is 0. The van der Waals surface area contributed by atoms with Gasteiger partial charge < -0.3 is 10.1 Å². The monoisotopic (exact) mass is 309 g/mol. The number of hydrogen-bond donors (Lipinski definition) is 1. The zero-order chi connectivity index (χ0) is 14.5. The van der Waals surface area contributed by atoms with Crippen LogP contribution in [-0.2, 0) is 6.54 Å². The van der Waals surface area contributed by atoms with Crippen molar-refractivity contribution in [2.75, 3.05) is 7.11 Å². The third-order valence-electron chi connectivity index (χ3n) is 3.25. The quantitative estimate of drug-likeness (QED) is 0.852. The highest BCUT2D eigenvalue weighted by Gasteiger charge is 2.10. The number of rotatable bonds is 5. The average molecular weight is 310 g/mol. The van der Waals surface area contributed by atoms with Crippen molar-refractivity contribution in [2.45, 2.75) is 19.5 Å². The molecule has 2 nitrogen and oxygen atoms in total. The van der Waals surface area contributed by atoms with Gasteiger partial charge in [0.15, 0.2) is 0 Å². The Morgan fingerprint density at radius 3 is 2.45 bits per heavy atom. The van der Waals surface area contributed by atoms with E-state index in [2.05, 4.69) is 12.2 Å². The molecular formula is C16H17Cl2NO.